The van der Waals surface area contributed by atoms with Gasteiger partial charge in [-0.2, -0.15) is 18.4 Å². The van der Waals surface area contributed by atoms with Crippen LogP contribution in [0, 0.1) is 10.7 Å². The lowest BCUT2D eigenvalue weighted by atomic mass is 10.1. The average Bonchev–Trinajstić information content (AvgIpc) is 2.87. The monoisotopic (exact) mass is 316 g/mol. The summed E-state index contributed by atoms with van der Waals surface area (Å²) in [6.07, 6.45) is -3.49. The number of rotatable bonds is 4. The normalized spacial score (nSPS) is 19.7. The van der Waals surface area contributed by atoms with E-state index in [0.29, 0.717) is 11.4 Å². The van der Waals surface area contributed by atoms with Crippen LogP contribution in [0.5, 0.6) is 0 Å². The van der Waals surface area contributed by atoms with Crippen LogP contribution in [-0.4, -0.2) is 31.2 Å². The molecule has 0 spiro atoms. The molecule has 0 saturated carbocycles. The molecule has 1 heterocycles. The van der Waals surface area contributed by atoms with Crippen LogP contribution in [0.4, 0.5) is 13.2 Å². The van der Waals surface area contributed by atoms with Crippen molar-refractivity contribution in [2.75, 3.05) is 20.2 Å². The molecule has 0 aromatic heterocycles. The number of thiocyanates is 1. The van der Waals surface area contributed by atoms with Crippen molar-refractivity contribution in [1.82, 2.24) is 4.90 Å². The van der Waals surface area contributed by atoms with Crippen LogP contribution in [0.1, 0.15) is 17.5 Å². The largest absolute Gasteiger partial charge is 0.416 e. The van der Waals surface area contributed by atoms with Gasteiger partial charge in [0, 0.05) is 31.6 Å². The molecule has 1 aliphatic rings. The first-order chi connectivity index (χ1) is 9.94. The summed E-state index contributed by atoms with van der Waals surface area (Å²) in [4.78, 5) is 2.26. The van der Waals surface area contributed by atoms with Gasteiger partial charge in [0.05, 0.1) is 11.7 Å². The molecule has 1 aliphatic heterocycles. The lowest BCUT2D eigenvalue weighted by molar-refractivity contribution is -0.138. The Morgan fingerprint density at radius 1 is 1.48 bits per heavy atom. The zero-order valence-corrected chi connectivity index (χ0v) is 12.3. The Kier molecular flexibility index (Phi) is 5.14. The number of likely N-dealkylation sites (tertiary alicyclic amines) is 1. The molecule has 0 N–H and O–H groups in total. The van der Waals surface area contributed by atoms with E-state index < -0.39 is 11.7 Å². The topological polar surface area (TPSA) is 36.3 Å². The summed E-state index contributed by atoms with van der Waals surface area (Å²) in [5, 5.41) is 10.4. The van der Waals surface area contributed by atoms with Gasteiger partial charge in [-0.05, 0) is 35.9 Å². The Hall–Kier alpha value is -1.23. The van der Waals surface area contributed by atoms with Gasteiger partial charge in [0.25, 0.3) is 0 Å². The highest BCUT2D eigenvalue weighted by Crippen LogP contribution is 2.35. The predicted octanol–water partition coefficient (Wildman–Crippen LogP) is 3.50. The molecule has 1 saturated heterocycles. The molecular weight excluding hydrogens is 301 g/mol. The van der Waals surface area contributed by atoms with Gasteiger partial charge in [-0.25, -0.2) is 0 Å². The second kappa shape index (κ2) is 6.69. The number of halogens is 3. The highest BCUT2D eigenvalue weighted by Gasteiger charge is 2.34. The van der Waals surface area contributed by atoms with Crippen molar-refractivity contribution in [3.05, 3.63) is 29.3 Å². The maximum Gasteiger partial charge on any atom is 0.416 e. The van der Waals surface area contributed by atoms with Crippen LogP contribution >= 0.6 is 11.8 Å². The molecule has 0 radical (unpaired) electrons. The van der Waals surface area contributed by atoms with Crippen LogP contribution < -0.4 is 0 Å². The van der Waals surface area contributed by atoms with Crippen LogP contribution in [-0.2, 0) is 17.5 Å². The number of hydrogen-bond acceptors (Lipinski definition) is 4. The molecular formula is C14H15F3N2OS. The molecule has 1 atom stereocenters. The third-order valence-electron chi connectivity index (χ3n) is 3.51. The van der Waals surface area contributed by atoms with Gasteiger partial charge in [-0.3, -0.25) is 4.90 Å². The SMILES string of the molecule is CO[C@@H]1CCN(Cc2ccc(SC#N)cc2C(F)(F)F)C1. The van der Waals surface area contributed by atoms with Crippen LogP contribution in [0.3, 0.4) is 0 Å². The van der Waals surface area contributed by atoms with Crippen LogP contribution in [0.25, 0.3) is 0 Å². The minimum absolute atomic E-state index is 0.0905. The standard InChI is InChI=1S/C14H15F3N2OS/c1-20-11-4-5-19(8-11)7-10-2-3-12(21-9-18)6-13(10)14(15,16)17/h2-3,6,11H,4-5,7-8H2,1H3/t11-/m1/s1. The first kappa shape index (κ1) is 16.1. The Bertz CT molecular complexity index is 542. The fourth-order valence-corrected chi connectivity index (χ4v) is 2.87. The summed E-state index contributed by atoms with van der Waals surface area (Å²) in [6.45, 7) is 1.61. The number of hydrogen-bond donors (Lipinski definition) is 0. The van der Waals surface area contributed by atoms with E-state index in [1.807, 2.05) is 4.90 Å². The molecule has 1 aromatic rings. The van der Waals surface area contributed by atoms with E-state index in [0.717, 1.165) is 30.8 Å². The van der Waals surface area contributed by atoms with Crippen molar-refractivity contribution < 1.29 is 17.9 Å². The molecule has 0 amide bonds. The summed E-state index contributed by atoms with van der Waals surface area (Å²) >= 11 is 0.733. The van der Waals surface area contributed by atoms with Gasteiger partial charge in [-0.1, -0.05) is 6.07 Å². The zero-order valence-electron chi connectivity index (χ0n) is 11.5. The lowest BCUT2D eigenvalue weighted by Crippen LogP contribution is -2.24. The third kappa shape index (κ3) is 4.13. The van der Waals surface area contributed by atoms with Crippen molar-refractivity contribution in [2.24, 2.45) is 0 Å². The van der Waals surface area contributed by atoms with Gasteiger partial charge < -0.3 is 4.74 Å². The first-order valence-electron chi connectivity index (χ1n) is 6.45. The van der Waals surface area contributed by atoms with Gasteiger partial charge in [0.2, 0.25) is 0 Å². The second-order valence-electron chi connectivity index (χ2n) is 4.89. The van der Waals surface area contributed by atoms with Crippen molar-refractivity contribution >= 4 is 11.8 Å². The molecule has 1 aromatic carbocycles. The van der Waals surface area contributed by atoms with Gasteiger partial charge in [-0.15, -0.1) is 0 Å². The minimum Gasteiger partial charge on any atom is -0.380 e. The predicted molar refractivity (Wildman–Crippen MR) is 73.6 cm³/mol. The maximum atomic E-state index is 13.2. The Balaban J connectivity index is 2.20. The fraction of sp³-hybridized carbons (Fsp3) is 0.500. The van der Waals surface area contributed by atoms with E-state index in [1.165, 1.54) is 6.07 Å². The molecule has 7 heteroatoms. The summed E-state index contributed by atoms with van der Waals surface area (Å²) in [6, 6.07) is 4.07. The van der Waals surface area contributed by atoms with Crippen molar-refractivity contribution in [3.63, 3.8) is 0 Å². The second-order valence-corrected chi connectivity index (χ2v) is 5.75. The van der Waals surface area contributed by atoms with E-state index in [1.54, 1.807) is 18.6 Å². The number of alkyl halides is 3. The molecule has 114 valence electrons. The van der Waals surface area contributed by atoms with E-state index in [9.17, 15) is 13.2 Å². The smallest absolute Gasteiger partial charge is 0.380 e. The van der Waals surface area contributed by atoms with E-state index in [2.05, 4.69) is 0 Å². The number of nitrogens with zero attached hydrogens (tertiary/aromatic N) is 2. The molecule has 0 bridgehead atoms. The van der Waals surface area contributed by atoms with Crippen LogP contribution in [0.15, 0.2) is 23.1 Å². The van der Waals surface area contributed by atoms with Gasteiger partial charge in [0.15, 0.2) is 0 Å². The summed E-state index contributed by atoms with van der Waals surface area (Å²) in [5.41, 5.74) is -0.426. The minimum atomic E-state index is -4.41. The van der Waals surface area contributed by atoms with E-state index >= 15 is 0 Å². The first-order valence-corrected chi connectivity index (χ1v) is 7.27. The fourth-order valence-electron chi connectivity index (χ4n) is 2.45. The average molecular weight is 316 g/mol. The molecule has 21 heavy (non-hydrogen) atoms. The Labute approximate surface area is 125 Å². The summed E-state index contributed by atoms with van der Waals surface area (Å²) in [5.74, 6) is 0. The molecule has 0 unspecified atom stereocenters. The lowest BCUT2D eigenvalue weighted by Gasteiger charge is -2.19. The zero-order chi connectivity index (χ0) is 15.5. The van der Waals surface area contributed by atoms with Gasteiger partial charge >= 0.3 is 6.18 Å². The highest BCUT2D eigenvalue weighted by atomic mass is 32.2. The van der Waals surface area contributed by atoms with Crippen molar-refractivity contribution in [2.45, 2.75) is 30.1 Å². The number of nitriles is 1. The molecule has 0 aliphatic carbocycles. The number of benzene rings is 1. The molecule has 1 fully saturated rings. The van der Waals surface area contributed by atoms with Gasteiger partial charge in [0.1, 0.15) is 5.40 Å². The quantitative estimate of drug-likeness (QED) is 0.629. The maximum absolute atomic E-state index is 13.2. The van der Waals surface area contributed by atoms with Crippen LogP contribution in [0.2, 0.25) is 0 Å². The number of ether oxygens (including phenoxy) is 1. The van der Waals surface area contributed by atoms with E-state index in [4.69, 9.17) is 10.00 Å². The van der Waals surface area contributed by atoms with E-state index in [-0.39, 0.29) is 18.2 Å². The summed E-state index contributed by atoms with van der Waals surface area (Å²) in [7, 11) is 1.61. The Morgan fingerprint density at radius 2 is 2.24 bits per heavy atom. The third-order valence-corrected chi connectivity index (χ3v) is 4.09. The molecule has 2 rings (SSSR count). The number of thioether (sulfide) groups is 1. The van der Waals surface area contributed by atoms with Crippen molar-refractivity contribution in [3.8, 4) is 5.40 Å². The molecule has 3 nitrogen and oxygen atoms in total. The Morgan fingerprint density at radius 3 is 2.81 bits per heavy atom. The number of methoxy groups -OCH3 is 1. The summed E-state index contributed by atoms with van der Waals surface area (Å²) < 4.78 is 44.7. The van der Waals surface area contributed by atoms with Crippen molar-refractivity contribution in [1.29, 1.82) is 5.26 Å². The highest BCUT2D eigenvalue weighted by molar-refractivity contribution is 8.03.